The van der Waals surface area contributed by atoms with Crippen LogP contribution in [0.1, 0.15) is 45.6 Å². The van der Waals surface area contributed by atoms with Crippen LogP contribution >= 0.6 is 12.6 Å². The Hall–Kier alpha value is -0.630. The summed E-state index contributed by atoms with van der Waals surface area (Å²) in [5.74, 6) is 0.956. The number of hydrogen-bond acceptors (Lipinski definition) is 2. The van der Waals surface area contributed by atoms with Crippen LogP contribution in [0.3, 0.4) is 0 Å². The second-order valence-corrected chi connectivity index (χ2v) is 5.76. The molecule has 2 heteroatoms. The first-order chi connectivity index (χ1) is 7.54. The molecule has 0 spiro atoms. The molecule has 1 rings (SSSR count). The molecule has 0 saturated heterocycles. The van der Waals surface area contributed by atoms with Crippen molar-refractivity contribution in [1.29, 1.82) is 0 Å². The highest BCUT2D eigenvalue weighted by Crippen LogP contribution is 2.28. The maximum Gasteiger partial charge on any atom is 0.119 e. The van der Waals surface area contributed by atoms with Crippen LogP contribution in [0.2, 0.25) is 0 Å². The van der Waals surface area contributed by atoms with E-state index in [9.17, 15) is 0 Å². The number of benzene rings is 1. The maximum atomic E-state index is 5.65. The molecule has 0 aliphatic rings. The smallest absolute Gasteiger partial charge is 0.119 e. The fourth-order valence-corrected chi connectivity index (χ4v) is 1.65. The summed E-state index contributed by atoms with van der Waals surface area (Å²) in [5, 5.41) is 0. The second-order valence-electron chi connectivity index (χ2n) is 4.64. The van der Waals surface area contributed by atoms with E-state index in [1.165, 1.54) is 18.4 Å². The van der Waals surface area contributed by atoms with Gasteiger partial charge in [0.1, 0.15) is 5.75 Å². The van der Waals surface area contributed by atoms with Crippen LogP contribution in [0.15, 0.2) is 24.3 Å². The Kier molecular flexibility index (Phi) is 5.20. The highest BCUT2D eigenvalue weighted by atomic mass is 32.1. The van der Waals surface area contributed by atoms with Gasteiger partial charge in [-0.1, -0.05) is 31.9 Å². The van der Waals surface area contributed by atoms with Gasteiger partial charge < -0.3 is 4.74 Å². The summed E-state index contributed by atoms with van der Waals surface area (Å²) in [6.45, 7) is 7.20. The lowest BCUT2D eigenvalue weighted by atomic mass is 10.0. The molecule has 0 N–H and O–H groups in total. The number of hydrogen-bond donors (Lipinski definition) is 1. The molecule has 1 aromatic carbocycles. The molecule has 0 bridgehead atoms. The Morgan fingerprint density at radius 1 is 1.12 bits per heavy atom. The quantitative estimate of drug-likeness (QED) is 0.570. The van der Waals surface area contributed by atoms with Crippen LogP contribution in [0.4, 0.5) is 0 Å². The molecular weight excluding hydrogens is 216 g/mol. The Morgan fingerprint density at radius 3 is 2.25 bits per heavy atom. The zero-order chi connectivity index (χ0) is 12.0. The van der Waals surface area contributed by atoms with Crippen molar-refractivity contribution in [3.05, 3.63) is 29.8 Å². The van der Waals surface area contributed by atoms with Crippen molar-refractivity contribution < 1.29 is 4.74 Å². The van der Waals surface area contributed by atoms with Gasteiger partial charge in [-0.3, -0.25) is 0 Å². The molecule has 0 atom stereocenters. The van der Waals surface area contributed by atoms with Crippen LogP contribution in [0.25, 0.3) is 0 Å². The minimum atomic E-state index is -0.0826. The number of ether oxygens (including phenoxy) is 1. The van der Waals surface area contributed by atoms with Gasteiger partial charge in [-0.05, 0) is 38.0 Å². The third kappa shape index (κ3) is 4.48. The van der Waals surface area contributed by atoms with Gasteiger partial charge in [0.2, 0.25) is 0 Å². The third-order valence-corrected chi connectivity index (χ3v) is 2.84. The summed E-state index contributed by atoms with van der Waals surface area (Å²) in [5.41, 5.74) is 1.22. The summed E-state index contributed by atoms with van der Waals surface area (Å²) in [6.07, 6.45) is 3.61. The van der Waals surface area contributed by atoms with Gasteiger partial charge in [-0.15, -0.1) is 0 Å². The predicted molar refractivity (Wildman–Crippen MR) is 73.5 cm³/mol. The average molecular weight is 238 g/mol. The second kappa shape index (κ2) is 6.19. The van der Waals surface area contributed by atoms with Gasteiger partial charge in [0.05, 0.1) is 6.61 Å². The van der Waals surface area contributed by atoms with Crippen molar-refractivity contribution in [1.82, 2.24) is 0 Å². The molecule has 0 unspecified atom stereocenters. The molecular formula is C14H22OS. The normalized spacial score (nSPS) is 11.5. The van der Waals surface area contributed by atoms with Crippen molar-refractivity contribution in [2.75, 3.05) is 6.61 Å². The van der Waals surface area contributed by atoms with Gasteiger partial charge >= 0.3 is 0 Å². The Bertz CT molecular complexity index is 298. The van der Waals surface area contributed by atoms with Crippen molar-refractivity contribution in [2.45, 2.75) is 44.8 Å². The van der Waals surface area contributed by atoms with E-state index in [1.807, 2.05) is 12.1 Å². The summed E-state index contributed by atoms with van der Waals surface area (Å²) in [4.78, 5) is 0. The first kappa shape index (κ1) is 13.4. The fourth-order valence-electron chi connectivity index (χ4n) is 1.50. The molecule has 0 saturated carbocycles. The highest BCUT2D eigenvalue weighted by Gasteiger charge is 2.13. The fraction of sp³-hybridized carbons (Fsp3) is 0.571. The average Bonchev–Trinajstić information content (AvgIpc) is 2.24. The predicted octanol–water partition coefficient (Wildman–Crippen LogP) is 4.42. The first-order valence-corrected chi connectivity index (χ1v) is 6.44. The van der Waals surface area contributed by atoms with Crippen LogP contribution in [-0.4, -0.2) is 6.61 Å². The summed E-state index contributed by atoms with van der Waals surface area (Å²) >= 11 is 4.54. The lowest BCUT2D eigenvalue weighted by molar-refractivity contribution is 0.306. The minimum absolute atomic E-state index is 0.0826. The van der Waals surface area contributed by atoms with Gasteiger partial charge in [0.25, 0.3) is 0 Å². The van der Waals surface area contributed by atoms with Crippen molar-refractivity contribution in [3.63, 3.8) is 0 Å². The van der Waals surface area contributed by atoms with E-state index in [-0.39, 0.29) is 4.75 Å². The largest absolute Gasteiger partial charge is 0.494 e. The summed E-state index contributed by atoms with van der Waals surface area (Å²) < 4.78 is 5.57. The maximum absolute atomic E-state index is 5.65. The number of unbranched alkanes of at least 4 members (excludes halogenated alkanes) is 2. The lowest BCUT2D eigenvalue weighted by Gasteiger charge is -2.18. The van der Waals surface area contributed by atoms with Crippen molar-refractivity contribution in [2.24, 2.45) is 0 Å². The zero-order valence-corrected chi connectivity index (χ0v) is 11.4. The van der Waals surface area contributed by atoms with Crippen LogP contribution in [0, 0.1) is 0 Å². The molecule has 1 aromatic rings. The van der Waals surface area contributed by atoms with Gasteiger partial charge in [-0.25, -0.2) is 0 Å². The summed E-state index contributed by atoms with van der Waals surface area (Å²) in [6, 6.07) is 8.23. The molecule has 0 aromatic heterocycles. The molecule has 0 radical (unpaired) electrons. The molecule has 0 heterocycles. The van der Waals surface area contributed by atoms with E-state index in [1.54, 1.807) is 0 Å². The minimum Gasteiger partial charge on any atom is -0.494 e. The van der Waals surface area contributed by atoms with Gasteiger partial charge in [0.15, 0.2) is 0 Å². The Morgan fingerprint density at radius 2 is 1.75 bits per heavy atom. The van der Waals surface area contributed by atoms with Gasteiger partial charge in [0, 0.05) is 4.75 Å². The first-order valence-electron chi connectivity index (χ1n) is 5.99. The van der Waals surface area contributed by atoms with Crippen LogP contribution in [0.5, 0.6) is 5.75 Å². The zero-order valence-electron chi connectivity index (χ0n) is 10.5. The van der Waals surface area contributed by atoms with Crippen LogP contribution < -0.4 is 4.74 Å². The van der Waals surface area contributed by atoms with E-state index in [2.05, 4.69) is 45.5 Å². The van der Waals surface area contributed by atoms with Crippen molar-refractivity contribution >= 4 is 12.6 Å². The monoisotopic (exact) mass is 238 g/mol. The molecule has 16 heavy (non-hydrogen) atoms. The van der Waals surface area contributed by atoms with Crippen molar-refractivity contribution in [3.8, 4) is 5.75 Å². The third-order valence-electron chi connectivity index (χ3n) is 2.58. The lowest BCUT2D eigenvalue weighted by Crippen LogP contribution is -2.07. The van der Waals surface area contributed by atoms with E-state index < -0.39 is 0 Å². The molecule has 0 aliphatic heterocycles. The highest BCUT2D eigenvalue weighted by molar-refractivity contribution is 7.81. The Labute approximate surface area is 105 Å². The summed E-state index contributed by atoms with van der Waals surface area (Å²) in [7, 11) is 0. The SMILES string of the molecule is CCCCCOc1ccc(C(C)(C)S)cc1. The number of rotatable bonds is 6. The standard InChI is InChI=1S/C14H22OS/c1-4-5-6-11-15-13-9-7-12(8-10-13)14(2,3)16/h7-10,16H,4-6,11H2,1-3H3. The van der Waals surface area contributed by atoms with E-state index in [0.717, 1.165) is 18.8 Å². The molecule has 0 amide bonds. The Balaban J connectivity index is 2.46. The molecule has 0 fully saturated rings. The van der Waals surface area contributed by atoms with E-state index in [0.29, 0.717) is 0 Å². The van der Waals surface area contributed by atoms with Gasteiger partial charge in [-0.2, -0.15) is 12.6 Å². The van der Waals surface area contributed by atoms with E-state index in [4.69, 9.17) is 4.74 Å². The molecule has 90 valence electrons. The molecule has 1 nitrogen and oxygen atoms in total. The topological polar surface area (TPSA) is 9.23 Å². The van der Waals surface area contributed by atoms with E-state index >= 15 is 0 Å². The molecule has 0 aliphatic carbocycles. The number of thiol groups is 1. The van der Waals surface area contributed by atoms with Crippen LogP contribution in [-0.2, 0) is 4.75 Å².